The fraction of sp³-hybridized carbons (Fsp3) is 0.250. The lowest BCUT2D eigenvalue weighted by molar-refractivity contribution is 0.232. The molecule has 67 valence electrons. The molecule has 0 bridgehead atoms. The first-order chi connectivity index (χ1) is 6.42. The number of hydrogen-bond donors (Lipinski definition) is 0. The summed E-state index contributed by atoms with van der Waals surface area (Å²) in [5.41, 5.74) is 3.89. The van der Waals surface area contributed by atoms with Gasteiger partial charge in [0.15, 0.2) is 0 Å². The summed E-state index contributed by atoms with van der Waals surface area (Å²) < 4.78 is 5.37. The van der Waals surface area contributed by atoms with Crippen LogP contribution in [0.15, 0.2) is 30.5 Å². The summed E-state index contributed by atoms with van der Waals surface area (Å²) in [7, 11) is 0. The van der Waals surface area contributed by atoms with Crippen molar-refractivity contribution in [2.24, 2.45) is 0 Å². The zero-order chi connectivity index (χ0) is 9.10. The van der Waals surface area contributed by atoms with Gasteiger partial charge in [-0.15, -0.1) is 0 Å². The second kappa shape index (κ2) is 3.65. The first-order valence-electron chi connectivity index (χ1n) is 4.60. The Balaban J connectivity index is 2.36. The molecule has 0 atom stereocenters. The lowest BCUT2D eigenvalue weighted by Crippen LogP contribution is -2.01. The van der Waals surface area contributed by atoms with E-state index in [2.05, 4.69) is 31.2 Å². The van der Waals surface area contributed by atoms with E-state index >= 15 is 0 Å². The molecule has 0 saturated heterocycles. The molecular weight excluding hydrogens is 160 g/mol. The normalized spacial score (nSPS) is 14.4. The maximum atomic E-state index is 5.37. The largest absolute Gasteiger partial charge is 0.496 e. The van der Waals surface area contributed by atoms with Crippen molar-refractivity contribution < 1.29 is 4.74 Å². The van der Waals surface area contributed by atoms with Crippen LogP contribution in [0.25, 0.3) is 5.57 Å². The van der Waals surface area contributed by atoms with Crippen LogP contribution in [0.5, 0.6) is 0 Å². The predicted octanol–water partition coefficient (Wildman–Crippen LogP) is 3.17. The van der Waals surface area contributed by atoms with E-state index in [9.17, 15) is 0 Å². The van der Waals surface area contributed by atoms with Gasteiger partial charge in [0.05, 0.1) is 6.26 Å². The average molecular weight is 173 g/mol. The zero-order valence-corrected chi connectivity index (χ0v) is 7.62. The fourth-order valence-electron chi connectivity index (χ4n) is 1.64. The minimum absolute atomic E-state index is 0.705. The van der Waals surface area contributed by atoms with Gasteiger partial charge in [-0.1, -0.05) is 31.2 Å². The van der Waals surface area contributed by atoms with Crippen LogP contribution in [0.4, 0.5) is 0 Å². The quantitative estimate of drug-likeness (QED) is 0.667. The van der Waals surface area contributed by atoms with Crippen LogP contribution in [-0.2, 0) is 11.3 Å². The second-order valence-electron chi connectivity index (χ2n) is 3.21. The van der Waals surface area contributed by atoms with Gasteiger partial charge in [-0.25, -0.2) is 0 Å². The third kappa shape index (κ3) is 1.59. The molecule has 0 aromatic heterocycles. The number of fused-ring (bicyclic) bond motifs is 1. The van der Waals surface area contributed by atoms with Crippen LogP contribution in [0.1, 0.15) is 24.0 Å². The molecule has 2 rings (SSSR count). The van der Waals surface area contributed by atoms with E-state index < -0.39 is 0 Å². The summed E-state index contributed by atoms with van der Waals surface area (Å²) in [6.07, 6.45) is 3.79. The van der Waals surface area contributed by atoms with Crippen LogP contribution in [-0.4, -0.2) is 0 Å². The van der Waals surface area contributed by atoms with E-state index in [1.165, 1.54) is 16.7 Å². The summed E-state index contributed by atoms with van der Waals surface area (Å²) >= 11 is 0. The number of rotatable bonds is 2. The molecule has 0 amide bonds. The highest BCUT2D eigenvalue weighted by atomic mass is 16.5. The Morgan fingerprint density at radius 1 is 1.31 bits per heavy atom. The fourth-order valence-corrected chi connectivity index (χ4v) is 1.64. The maximum Gasteiger partial charge on any atom is 0.113 e. The molecule has 1 aromatic carbocycles. The zero-order valence-electron chi connectivity index (χ0n) is 7.62. The molecule has 1 radical (unpaired) electrons. The Labute approximate surface area is 79.0 Å². The summed E-state index contributed by atoms with van der Waals surface area (Å²) in [5.74, 6) is 0. The summed E-state index contributed by atoms with van der Waals surface area (Å²) in [6, 6.07) is 8.39. The third-order valence-corrected chi connectivity index (χ3v) is 2.27. The summed E-state index contributed by atoms with van der Waals surface area (Å²) in [5, 5.41) is 0. The Hall–Kier alpha value is -1.24. The van der Waals surface area contributed by atoms with E-state index in [4.69, 9.17) is 4.74 Å². The van der Waals surface area contributed by atoms with E-state index in [1.807, 2.05) is 6.26 Å². The molecule has 1 aliphatic rings. The Morgan fingerprint density at radius 3 is 3.00 bits per heavy atom. The number of allylic oxidation sites excluding steroid dienone is 1. The SMILES string of the molecule is [CH2]CCC1=COCc2ccccc21. The molecule has 0 aliphatic carbocycles. The second-order valence-corrected chi connectivity index (χ2v) is 3.21. The van der Waals surface area contributed by atoms with Gasteiger partial charge in [-0.05, 0) is 29.5 Å². The Morgan fingerprint density at radius 2 is 2.15 bits per heavy atom. The van der Waals surface area contributed by atoms with Gasteiger partial charge in [0, 0.05) is 0 Å². The van der Waals surface area contributed by atoms with Gasteiger partial charge in [-0.2, -0.15) is 0 Å². The average Bonchev–Trinajstić information content (AvgIpc) is 2.19. The van der Waals surface area contributed by atoms with Gasteiger partial charge >= 0.3 is 0 Å². The Bertz CT molecular complexity index is 326. The van der Waals surface area contributed by atoms with Gasteiger partial charge in [0.2, 0.25) is 0 Å². The van der Waals surface area contributed by atoms with E-state index in [-0.39, 0.29) is 0 Å². The lowest BCUT2D eigenvalue weighted by atomic mass is 9.96. The van der Waals surface area contributed by atoms with Crippen LogP contribution >= 0.6 is 0 Å². The molecule has 1 aromatic rings. The van der Waals surface area contributed by atoms with Crippen molar-refractivity contribution >= 4 is 5.57 Å². The van der Waals surface area contributed by atoms with Crippen molar-refractivity contribution in [2.75, 3.05) is 0 Å². The molecule has 1 heterocycles. The monoisotopic (exact) mass is 173 g/mol. The highest BCUT2D eigenvalue weighted by Crippen LogP contribution is 2.27. The third-order valence-electron chi connectivity index (χ3n) is 2.27. The molecule has 1 aliphatic heterocycles. The van der Waals surface area contributed by atoms with E-state index in [0.717, 1.165) is 12.8 Å². The first-order valence-corrected chi connectivity index (χ1v) is 4.60. The summed E-state index contributed by atoms with van der Waals surface area (Å²) in [4.78, 5) is 0. The standard InChI is InChI=1S/C12H13O/c1-2-5-10-8-13-9-11-6-3-4-7-12(10)11/h3-4,6-8H,1-2,5,9H2. The molecule has 0 fully saturated rings. The van der Waals surface area contributed by atoms with Gasteiger partial charge in [-0.3, -0.25) is 0 Å². The van der Waals surface area contributed by atoms with Crippen molar-refractivity contribution in [1.82, 2.24) is 0 Å². The minimum Gasteiger partial charge on any atom is -0.496 e. The maximum absolute atomic E-state index is 5.37. The topological polar surface area (TPSA) is 9.23 Å². The van der Waals surface area contributed by atoms with Gasteiger partial charge in [0.25, 0.3) is 0 Å². The van der Waals surface area contributed by atoms with E-state index in [0.29, 0.717) is 6.61 Å². The van der Waals surface area contributed by atoms with Crippen molar-refractivity contribution in [3.63, 3.8) is 0 Å². The molecule has 0 N–H and O–H groups in total. The molecular formula is C12H13O. The van der Waals surface area contributed by atoms with Crippen LogP contribution in [0.2, 0.25) is 0 Å². The first kappa shape index (κ1) is 8.36. The molecule has 13 heavy (non-hydrogen) atoms. The van der Waals surface area contributed by atoms with Crippen LogP contribution in [0, 0.1) is 6.92 Å². The van der Waals surface area contributed by atoms with Gasteiger partial charge in [0.1, 0.15) is 6.61 Å². The molecule has 1 heteroatoms. The van der Waals surface area contributed by atoms with E-state index in [1.54, 1.807) is 0 Å². The summed E-state index contributed by atoms with van der Waals surface area (Å²) in [6.45, 7) is 4.56. The highest BCUT2D eigenvalue weighted by molar-refractivity contribution is 5.68. The van der Waals surface area contributed by atoms with Crippen molar-refractivity contribution in [3.05, 3.63) is 48.6 Å². The smallest absolute Gasteiger partial charge is 0.113 e. The minimum atomic E-state index is 0.705. The van der Waals surface area contributed by atoms with Crippen LogP contribution in [0.3, 0.4) is 0 Å². The molecule has 0 unspecified atom stereocenters. The van der Waals surface area contributed by atoms with Crippen LogP contribution < -0.4 is 0 Å². The lowest BCUT2D eigenvalue weighted by Gasteiger charge is -2.17. The van der Waals surface area contributed by atoms with Crippen molar-refractivity contribution in [1.29, 1.82) is 0 Å². The predicted molar refractivity (Wildman–Crippen MR) is 53.8 cm³/mol. The number of benzene rings is 1. The van der Waals surface area contributed by atoms with Gasteiger partial charge < -0.3 is 4.74 Å². The number of ether oxygens (including phenoxy) is 1. The highest BCUT2D eigenvalue weighted by Gasteiger charge is 2.11. The van der Waals surface area contributed by atoms with Crippen molar-refractivity contribution in [2.45, 2.75) is 19.4 Å². The van der Waals surface area contributed by atoms with Crippen molar-refractivity contribution in [3.8, 4) is 0 Å². The molecule has 0 saturated carbocycles. The molecule has 0 spiro atoms. The number of hydrogen-bond acceptors (Lipinski definition) is 1. The Kier molecular flexibility index (Phi) is 2.35. The molecule has 1 nitrogen and oxygen atoms in total.